The Bertz CT molecular complexity index is 1190. The third-order valence-corrected chi connectivity index (χ3v) is 6.97. The summed E-state index contributed by atoms with van der Waals surface area (Å²) < 4.78 is 6.91. The Kier molecular flexibility index (Phi) is 5.97. The molecule has 4 rings (SSSR count). The summed E-state index contributed by atoms with van der Waals surface area (Å²) in [6, 6.07) is 16.1. The zero-order chi connectivity index (χ0) is 21.3. The van der Waals surface area contributed by atoms with E-state index in [1.807, 2.05) is 69.3 Å². The SMILES string of the molecule is CCOc1ccc2ccccc2c1/C=C1\SC(=Nc2cc(C)c(Br)c(C)c2)NC1=O. The third kappa shape index (κ3) is 4.16. The van der Waals surface area contributed by atoms with E-state index >= 15 is 0 Å². The van der Waals surface area contributed by atoms with Gasteiger partial charge in [0.05, 0.1) is 17.2 Å². The Morgan fingerprint density at radius 3 is 2.60 bits per heavy atom. The van der Waals surface area contributed by atoms with Crippen LogP contribution in [0.5, 0.6) is 5.75 Å². The smallest absolute Gasteiger partial charge is 0.264 e. The van der Waals surface area contributed by atoms with E-state index in [0.29, 0.717) is 16.7 Å². The van der Waals surface area contributed by atoms with Gasteiger partial charge in [-0.25, -0.2) is 4.99 Å². The number of amidine groups is 1. The van der Waals surface area contributed by atoms with Crippen molar-refractivity contribution in [2.75, 3.05) is 6.61 Å². The first kappa shape index (κ1) is 20.7. The number of amides is 1. The van der Waals surface area contributed by atoms with E-state index in [4.69, 9.17) is 4.74 Å². The van der Waals surface area contributed by atoms with Crippen molar-refractivity contribution in [1.29, 1.82) is 0 Å². The van der Waals surface area contributed by atoms with Crippen LogP contribution in [0.2, 0.25) is 0 Å². The molecule has 0 spiro atoms. The van der Waals surface area contributed by atoms with Gasteiger partial charge in [0.15, 0.2) is 5.17 Å². The van der Waals surface area contributed by atoms with Gasteiger partial charge in [-0.2, -0.15) is 0 Å². The Labute approximate surface area is 188 Å². The molecule has 6 heteroatoms. The van der Waals surface area contributed by atoms with Gasteiger partial charge in [-0.05, 0) is 78.7 Å². The third-order valence-electron chi connectivity index (χ3n) is 4.81. The van der Waals surface area contributed by atoms with Crippen molar-refractivity contribution in [1.82, 2.24) is 5.32 Å². The number of thioether (sulfide) groups is 1. The first-order chi connectivity index (χ1) is 14.5. The molecule has 1 saturated heterocycles. The molecule has 1 heterocycles. The van der Waals surface area contributed by atoms with Crippen molar-refractivity contribution in [3.05, 3.63) is 74.6 Å². The summed E-state index contributed by atoms with van der Waals surface area (Å²) in [5.74, 6) is 0.612. The van der Waals surface area contributed by atoms with Crippen molar-refractivity contribution >= 4 is 61.3 Å². The molecule has 0 aromatic heterocycles. The van der Waals surface area contributed by atoms with Crippen molar-refractivity contribution in [3.63, 3.8) is 0 Å². The van der Waals surface area contributed by atoms with Crippen molar-refractivity contribution in [2.45, 2.75) is 20.8 Å². The summed E-state index contributed by atoms with van der Waals surface area (Å²) in [7, 11) is 0. The lowest BCUT2D eigenvalue weighted by Crippen LogP contribution is -2.19. The number of fused-ring (bicyclic) bond motifs is 1. The minimum absolute atomic E-state index is 0.153. The highest BCUT2D eigenvalue weighted by molar-refractivity contribution is 9.10. The Hall–Kier alpha value is -2.57. The number of ether oxygens (including phenoxy) is 1. The lowest BCUT2D eigenvalue weighted by Gasteiger charge is -2.11. The fraction of sp³-hybridized carbons (Fsp3) is 0.167. The second kappa shape index (κ2) is 8.66. The van der Waals surface area contributed by atoms with Gasteiger partial charge in [-0.3, -0.25) is 4.79 Å². The number of rotatable bonds is 4. The van der Waals surface area contributed by atoms with E-state index in [9.17, 15) is 4.79 Å². The summed E-state index contributed by atoms with van der Waals surface area (Å²) in [4.78, 5) is 17.9. The van der Waals surface area contributed by atoms with Crippen LogP contribution in [0.25, 0.3) is 16.8 Å². The van der Waals surface area contributed by atoms with Gasteiger partial charge in [-0.1, -0.05) is 46.3 Å². The zero-order valence-corrected chi connectivity index (χ0v) is 19.4. The summed E-state index contributed by atoms with van der Waals surface area (Å²) in [5.41, 5.74) is 3.94. The molecule has 0 unspecified atom stereocenters. The molecule has 3 aromatic rings. The molecule has 30 heavy (non-hydrogen) atoms. The molecule has 0 bridgehead atoms. The van der Waals surface area contributed by atoms with Gasteiger partial charge in [0.2, 0.25) is 0 Å². The van der Waals surface area contributed by atoms with E-state index in [-0.39, 0.29) is 5.91 Å². The predicted octanol–water partition coefficient (Wildman–Crippen LogP) is 6.51. The molecule has 1 amide bonds. The topological polar surface area (TPSA) is 50.7 Å². The number of hydrogen-bond donors (Lipinski definition) is 1. The molecule has 0 atom stereocenters. The molecule has 3 aromatic carbocycles. The number of carbonyl (C=O) groups is 1. The van der Waals surface area contributed by atoms with E-state index in [1.54, 1.807) is 0 Å². The number of nitrogens with zero attached hydrogens (tertiary/aromatic N) is 1. The van der Waals surface area contributed by atoms with E-state index in [0.717, 1.165) is 43.4 Å². The molecule has 1 aliphatic rings. The molecule has 1 fully saturated rings. The van der Waals surface area contributed by atoms with E-state index in [2.05, 4.69) is 32.3 Å². The molecular formula is C24H21BrN2O2S. The number of halogens is 1. The van der Waals surface area contributed by atoms with Crippen LogP contribution in [0.1, 0.15) is 23.6 Å². The van der Waals surface area contributed by atoms with Crippen molar-refractivity contribution in [2.24, 2.45) is 4.99 Å². The molecule has 4 nitrogen and oxygen atoms in total. The van der Waals surface area contributed by atoms with Crippen LogP contribution in [0, 0.1) is 13.8 Å². The maximum Gasteiger partial charge on any atom is 0.264 e. The molecule has 0 radical (unpaired) electrons. The average Bonchev–Trinajstić information content (AvgIpc) is 3.06. The largest absolute Gasteiger partial charge is 0.493 e. The zero-order valence-electron chi connectivity index (χ0n) is 17.0. The lowest BCUT2D eigenvalue weighted by molar-refractivity contribution is -0.115. The number of benzene rings is 3. The van der Waals surface area contributed by atoms with Crippen LogP contribution in [-0.2, 0) is 4.79 Å². The highest BCUT2D eigenvalue weighted by Gasteiger charge is 2.25. The summed E-state index contributed by atoms with van der Waals surface area (Å²) in [5, 5.41) is 5.61. The number of carbonyl (C=O) groups excluding carboxylic acids is 1. The molecule has 0 aliphatic carbocycles. The number of hydrogen-bond acceptors (Lipinski definition) is 4. The summed E-state index contributed by atoms with van der Waals surface area (Å²) in [6.07, 6.45) is 1.90. The lowest BCUT2D eigenvalue weighted by atomic mass is 10.0. The minimum atomic E-state index is -0.153. The van der Waals surface area contributed by atoms with Crippen LogP contribution >= 0.6 is 27.7 Å². The summed E-state index contributed by atoms with van der Waals surface area (Å²) >= 11 is 4.92. The highest BCUT2D eigenvalue weighted by Crippen LogP contribution is 2.35. The standard InChI is InChI=1S/C24H21BrN2O2S/c1-4-29-20-10-9-16-7-5-6-8-18(16)19(20)13-21-23(28)27-24(30-21)26-17-11-14(2)22(25)15(3)12-17/h5-13H,4H2,1-3H3,(H,26,27,28)/b21-13-. The van der Waals surface area contributed by atoms with E-state index < -0.39 is 0 Å². The van der Waals surface area contributed by atoms with Gasteiger partial charge >= 0.3 is 0 Å². The highest BCUT2D eigenvalue weighted by atomic mass is 79.9. The fourth-order valence-electron chi connectivity index (χ4n) is 3.42. The van der Waals surface area contributed by atoms with Crippen LogP contribution < -0.4 is 10.1 Å². The van der Waals surface area contributed by atoms with Crippen LogP contribution in [0.15, 0.2) is 62.9 Å². The molecule has 152 valence electrons. The first-order valence-corrected chi connectivity index (χ1v) is 11.3. The van der Waals surface area contributed by atoms with Gasteiger partial charge < -0.3 is 10.1 Å². The Morgan fingerprint density at radius 1 is 1.13 bits per heavy atom. The summed E-state index contributed by atoms with van der Waals surface area (Å²) in [6.45, 7) is 6.57. The quantitative estimate of drug-likeness (QED) is 0.433. The predicted molar refractivity (Wildman–Crippen MR) is 130 cm³/mol. The van der Waals surface area contributed by atoms with Crippen LogP contribution in [-0.4, -0.2) is 17.7 Å². The molecule has 1 N–H and O–H groups in total. The second-order valence-corrected chi connectivity index (χ2v) is 8.83. The Balaban J connectivity index is 1.72. The van der Waals surface area contributed by atoms with Crippen LogP contribution in [0.3, 0.4) is 0 Å². The van der Waals surface area contributed by atoms with Gasteiger partial charge in [-0.15, -0.1) is 0 Å². The van der Waals surface area contributed by atoms with E-state index in [1.165, 1.54) is 11.8 Å². The normalized spacial score (nSPS) is 16.5. The molecule has 1 aliphatic heterocycles. The van der Waals surface area contributed by atoms with Crippen molar-refractivity contribution < 1.29 is 9.53 Å². The van der Waals surface area contributed by atoms with Gasteiger partial charge in [0.25, 0.3) is 5.91 Å². The average molecular weight is 481 g/mol. The number of nitrogens with one attached hydrogen (secondary N) is 1. The molecular weight excluding hydrogens is 460 g/mol. The molecule has 0 saturated carbocycles. The second-order valence-electron chi connectivity index (χ2n) is 7.01. The maximum absolute atomic E-state index is 12.6. The monoisotopic (exact) mass is 480 g/mol. The van der Waals surface area contributed by atoms with Gasteiger partial charge in [0, 0.05) is 10.0 Å². The van der Waals surface area contributed by atoms with Crippen molar-refractivity contribution in [3.8, 4) is 5.75 Å². The first-order valence-electron chi connectivity index (χ1n) is 9.67. The number of aliphatic imine (C=N–C) groups is 1. The fourth-order valence-corrected chi connectivity index (χ4v) is 4.47. The van der Waals surface area contributed by atoms with Crippen LogP contribution in [0.4, 0.5) is 5.69 Å². The number of aryl methyl sites for hydroxylation is 2. The maximum atomic E-state index is 12.6. The minimum Gasteiger partial charge on any atom is -0.493 e. The Morgan fingerprint density at radius 2 is 1.87 bits per heavy atom. The van der Waals surface area contributed by atoms with Gasteiger partial charge in [0.1, 0.15) is 5.75 Å².